The molecule has 0 saturated carbocycles. The molecule has 5 nitrogen and oxygen atoms in total. The second-order valence-corrected chi connectivity index (χ2v) is 8.76. The van der Waals surface area contributed by atoms with Gasteiger partial charge >= 0.3 is 5.97 Å². The largest absolute Gasteiger partial charge is 0.480 e. The zero-order valence-corrected chi connectivity index (χ0v) is 21.0. The number of rotatable bonds is 9. The van der Waals surface area contributed by atoms with E-state index in [4.69, 9.17) is 16.6 Å². The SMILES string of the molecule is N[C@@H](CS)C(=O)O.N[C@H](CO)CSC(c1ccccc1)(c1ccccc1)c1ccccc1.[B]C. The normalized spacial score (nSPS) is 12.3. The molecule has 0 unspecified atom stereocenters. The minimum absolute atomic E-state index is 0.0125. The third kappa shape index (κ3) is 8.53. The Kier molecular flexibility index (Phi) is 14.4. The van der Waals surface area contributed by atoms with Gasteiger partial charge in [-0.1, -0.05) is 97.8 Å². The topological polar surface area (TPSA) is 110 Å². The summed E-state index contributed by atoms with van der Waals surface area (Å²) in [6.45, 7) is 1.49. The van der Waals surface area contributed by atoms with E-state index < -0.39 is 12.0 Å². The van der Waals surface area contributed by atoms with E-state index in [1.54, 1.807) is 11.8 Å². The number of aliphatic hydroxyl groups excluding tert-OH is 1. The number of carboxylic acid groups (broad SMARTS) is 1. The molecule has 0 aliphatic rings. The van der Waals surface area contributed by atoms with E-state index in [-0.39, 0.29) is 23.1 Å². The van der Waals surface area contributed by atoms with Crippen LogP contribution in [-0.4, -0.2) is 54.2 Å². The minimum atomic E-state index is -1.00. The summed E-state index contributed by atoms with van der Waals surface area (Å²) in [6.07, 6.45) is 0. The molecular formula is C26H33BN2O3S2. The van der Waals surface area contributed by atoms with E-state index in [1.165, 1.54) is 23.5 Å². The molecule has 3 rings (SSSR count). The smallest absolute Gasteiger partial charge is 0.321 e. The predicted molar refractivity (Wildman–Crippen MR) is 148 cm³/mol. The lowest BCUT2D eigenvalue weighted by Crippen LogP contribution is -2.32. The van der Waals surface area contributed by atoms with Crippen molar-refractivity contribution in [3.05, 3.63) is 108 Å². The highest BCUT2D eigenvalue weighted by Crippen LogP contribution is 2.48. The second-order valence-electron chi connectivity index (χ2n) is 7.16. The van der Waals surface area contributed by atoms with Crippen LogP contribution >= 0.6 is 24.4 Å². The van der Waals surface area contributed by atoms with E-state index in [9.17, 15) is 9.90 Å². The Morgan fingerprint density at radius 1 is 0.882 bits per heavy atom. The number of carbonyl (C=O) groups is 1. The first-order chi connectivity index (χ1) is 16.5. The quantitative estimate of drug-likeness (QED) is 0.176. The molecule has 2 radical (unpaired) electrons. The third-order valence-corrected chi connectivity index (χ3v) is 6.93. The monoisotopic (exact) mass is 496 g/mol. The number of benzene rings is 3. The molecule has 180 valence electrons. The number of thiol groups is 1. The number of hydrogen-bond donors (Lipinski definition) is 5. The average molecular weight is 497 g/mol. The molecule has 34 heavy (non-hydrogen) atoms. The van der Waals surface area contributed by atoms with Crippen molar-refractivity contribution >= 4 is 38.2 Å². The van der Waals surface area contributed by atoms with Crippen LogP contribution in [0.5, 0.6) is 0 Å². The standard InChI is InChI=1S/C22H23NOS.C3H7NO2S.CH3B/c23-21(16-24)17-25-22(18-10-4-1-5-11-18,19-12-6-2-7-13-19)20-14-8-3-9-15-20;4-2(1-7)3(5)6;1-2/h1-15,21,24H,16-17,23H2;2,7H,1,4H2,(H,5,6);1H3/t21-;2-;/m10./s1. The number of aliphatic carboxylic acids is 1. The van der Waals surface area contributed by atoms with Gasteiger partial charge in [-0.2, -0.15) is 12.6 Å². The first-order valence-corrected chi connectivity index (χ1v) is 12.4. The Morgan fingerprint density at radius 3 is 1.47 bits per heavy atom. The van der Waals surface area contributed by atoms with Crippen LogP contribution in [0.2, 0.25) is 6.82 Å². The summed E-state index contributed by atoms with van der Waals surface area (Å²) >= 11 is 5.43. The fourth-order valence-electron chi connectivity index (χ4n) is 3.13. The number of carboxylic acids is 1. The van der Waals surface area contributed by atoms with Crippen molar-refractivity contribution in [3.8, 4) is 0 Å². The van der Waals surface area contributed by atoms with Crippen molar-refractivity contribution < 1.29 is 15.0 Å². The summed E-state index contributed by atoms with van der Waals surface area (Å²) in [7, 11) is 4.50. The Morgan fingerprint density at radius 2 is 1.24 bits per heavy atom. The molecule has 0 saturated heterocycles. The average Bonchev–Trinajstić information content (AvgIpc) is 2.91. The van der Waals surface area contributed by atoms with Gasteiger partial charge in [0.15, 0.2) is 0 Å². The fourth-order valence-corrected chi connectivity index (χ4v) is 4.77. The first kappa shape index (κ1) is 29.8. The van der Waals surface area contributed by atoms with Crippen molar-refractivity contribution in [1.29, 1.82) is 0 Å². The Hall–Kier alpha value is -2.23. The summed E-state index contributed by atoms with van der Waals surface area (Å²) in [4.78, 5) is 9.76. The molecule has 0 aliphatic heterocycles. The van der Waals surface area contributed by atoms with Crippen LogP contribution in [0.1, 0.15) is 16.7 Å². The number of thioether (sulfide) groups is 1. The van der Waals surface area contributed by atoms with Gasteiger partial charge in [0.25, 0.3) is 0 Å². The number of aliphatic hydroxyl groups is 1. The van der Waals surface area contributed by atoms with Gasteiger partial charge < -0.3 is 21.7 Å². The molecule has 3 aromatic rings. The molecule has 6 N–H and O–H groups in total. The van der Waals surface area contributed by atoms with Gasteiger partial charge in [-0.3, -0.25) is 4.79 Å². The van der Waals surface area contributed by atoms with E-state index in [2.05, 4.69) is 93.3 Å². The molecule has 8 heteroatoms. The lowest BCUT2D eigenvalue weighted by molar-refractivity contribution is -0.137. The van der Waals surface area contributed by atoms with Crippen molar-refractivity contribution in [2.45, 2.75) is 23.7 Å². The van der Waals surface area contributed by atoms with E-state index in [0.29, 0.717) is 5.75 Å². The Bertz CT molecular complexity index is 838. The fraction of sp³-hybridized carbons (Fsp3) is 0.269. The van der Waals surface area contributed by atoms with E-state index in [0.717, 1.165) is 0 Å². The molecule has 0 spiro atoms. The van der Waals surface area contributed by atoms with Gasteiger partial charge in [0.2, 0.25) is 0 Å². The minimum Gasteiger partial charge on any atom is -0.480 e. The maximum atomic E-state index is 9.76. The highest BCUT2D eigenvalue weighted by molar-refractivity contribution is 8.00. The van der Waals surface area contributed by atoms with Crippen LogP contribution in [0.25, 0.3) is 0 Å². The molecule has 0 aliphatic carbocycles. The van der Waals surface area contributed by atoms with E-state index in [1.807, 2.05) is 18.2 Å². The van der Waals surface area contributed by atoms with Crippen molar-refractivity contribution in [2.24, 2.45) is 11.5 Å². The maximum Gasteiger partial charge on any atom is 0.321 e. The van der Waals surface area contributed by atoms with Crippen molar-refractivity contribution in [2.75, 3.05) is 18.1 Å². The predicted octanol–water partition coefficient (Wildman–Crippen LogP) is 3.56. The van der Waals surface area contributed by atoms with Crippen LogP contribution in [0.3, 0.4) is 0 Å². The number of nitrogens with two attached hydrogens (primary N) is 2. The summed E-state index contributed by atoms with van der Waals surface area (Å²) in [5, 5.41) is 17.4. The van der Waals surface area contributed by atoms with Crippen LogP contribution in [-0.2, 0) is 9.54 Å². The molecule has 3 aromatic carbocycles. The van der Waals surface area contributed by atoms with Gasteiger partial charge in [0.05, 0.1) is 19.2 Å². The van der Waals surface area contributed by atoms with Gasteiger partial charge in [0.1, 0.15) is 6.04 Å². The zero-order chi connectivity index (χ0) is 25.4. The highest BCUT2D eigenvalue weighted by Gasteiger charge is 2.37. The van der Waals surface area contributed by atoms with E-state index >= 15 is 0 Å². The molecule has 0 bridgehead atoms. The van der Waals surface area contributed by atoms with Gasteiger partial charge in [-0.15, -0.1) is 11.8 Å². The van der Waals surface area contributed by atoms with Crippen LogP contribution < -0.4 is 11.5 Å². The Labute approximate surface area is 213 Å². The van der Waals surface area contributed by atoms with Crippen molar-refractivity contribution in [1.82, 2.24) is 0 Å². The van der Waals surface area contributed by atoms with Crippen molar-refractivity contribution in [3.63, 3.8) is 0 Å². The van der Waals surface area contributed by atoms with Gasteiger partial charge in [-0.25, -0.2) is 0 Å². The molecule has 2 atom stereocenters. The summed E-state index contributed by atoms with van der Waals surface area (Å²) in [5.41, 5.74) is 14.6. The Balaban J connectivity index is 0.000000553. The maximum absolute atomic E-state index is 9.76. The summed E-state index contributed by atoms with van der Waals surface area (Å²) < 4.78 is -0.365. The van der Waals surface area contributed by atoms with Crippen LogP contribution in [0, 0.1) is 0 Å². The van der Waals surface area contributed by atoms with Gasteiger partial charge in [-0.05, 0) is 16.7 Å². The zero-order valence-electron chi connectivity index (χ0n) is 19.3. The highest BCUT2D eigenvalue weighted by atomic mass is 32.2. The first-order valence-electron chi connectivity index (χ1n) is 10.8. The molecular weight excluding hydrogens is 463 g/mol. The third-order valence-electron chi connectivity index (χ3n) is 4.80. The summed E-state index contributed by atoms with van der Waals surface area (Å²) in [6, 6.07) is 30.5. The van der Waals surface area contributed by atoms with Gasteiger partial charge in [0, 0.05) is 17.5 Å². The number of hydrogen-bond acceptors (Lipinski definition) is 6. The molecule has 0 fully saturated rings. The van der Waals surface area contributed by atoms with Crippen LogP contribution in [0.4, 0.5) is 0 Å². The summed E-state index contributed by atoms with van der Waals surface area (Å²) in [5.74, 6) is -0.153. The molecule has 0 heterocycles. The molecule has 0 amide bonds. The second kappa shape index (κ2) is 16.4. The molecule has 0 aromatic heterocycles. The lowest BCUT2D eigenvalue weighted by Gasteiger charge is -2.36. The lowest BCUT2D eigenvalue weighted by atomic mass is 9.84. The van der Waals surface area contributed by atoms with Crippen LogP contribution in [0.15, 0.2) is 91.0 Å².